The summed E-state index contributed by atoms with van der Waals surface area (Å²) in [6, 6.07) is 1.96. The SMILES string of the molecule is [2H]C([2H])([2H])C([2H])([2H])C(=O)On1c(O)ccc1O. The average Bonchev–Trinajstić information content (AvgIpc) is 2.47. The van der Waals surface area contributed by atoms with Crippen LogP contribution in [0.15, 0.2) is 12.1 Å². The Labute approximate surface area is 75.8 Å². The maximum atomic E-state index is 11.3. The van der Waals surface area contributed by atoms with Gasteiger partial charge in [0.25, 0.3) is 0 Å². The molecule has 0 fully saturated rings. The molecule has 0 atom stereocenters. The molecule has 0 aliphatic heterocycles. The standard InChI is InChI=1S/C7H9NO4/c1-2-7(11)12-8-5(9)3-4-6(8)10/h3-4,9-10H,2H2,1H3/i1D3,2D2. The van der Waals surface area contributed by atoms with Crippen LogP contribution in [0.5, 0.6) is 11.8 Å². The van der Waals surface area contributed by atoms with Crippen molar-refractivity contribution in [3.05, 3.63) is 12.1 Å². The number of aromatic nitrogens is 1. The van der Waals surface area contributed by atoms with E-state index in [0.29, 0.717) is 0 Å². The molecule has 0 spiro atoms. The van der Waals surface area contributed by atoms with Gasteiger partial charge in [0, 0.05) is 25.4 Å². The van der Waals surface area contributed by atoms with E-state index in [1.165, 1.54) is 0 Å². The van der Waals surface area contributed by atoms with Crippen molar-refractivity contribution >= 4 is 5.97 Å². The van der Waals surface area contributed by atoms with E-state index < -0.39 is 31.0 Å². The molecule has 1 rings (SSSR count). The van der Waals surface area contributed by atoms with Crippen molar-refractivity contribution in [2.45, 2.75) is 13.2 Å². The van der Waals surface area contributed by atoms with Crippen LogP contribution in [-0.4, -0.2) is 20.9 Å². The molecular formula is C7H9NO4. The van der Waals surface area contributed by atoms with Gasteiger partial charge in [0.2, 0.25) is 11.8 Å². The zero-order chi connectivity index (χ0) is 13.4. The summed E-state index contributed by atoms with van der Waals surface area (Å²) in [6.07, 6.45) is -3.25. The van der Waals surface area contributed by atoms with E-state index in [-0.39, 0.29) is 4.73 Å². The lowest BCUT2D eigenvalue weighted by Gasteiger charge is -2.04. The van der Waals surface area contributed by atoms with Crippen LogP contribution in [0.3, 0.4) is 0 Å². The van der Waals surface area contributed by atoms with Gasteiger partial charge in [0.1, 0.15) is 0 Å². The number of hydrogen-bond donors (Lipinski definition) is 2. The van der Waals surface area contributed by atoms with Crippen LogP contribution in [0.1, 0.15) is 20.1 Å². The molecule has 5 heteroatoms. The maximum absolute atomic E-state index is 11.3. The minimum absolute atomic E-state index is 0.214. The van der Waals surface area contributed by atoms with Gasteiger partial charge in [-0.05, 0) is 0 Å². The van der Waals surface area contributed by atoms with Crippen LogP contribution < -0.4 is 4.84 Å². The highest BCUT2D eigenvalue weighted by molar-refractivity contribution is 5.69. The van der Waals surface area contributed by atoms with Crippen molar-refractivity contribution in [2.24, 2.45) is 0 Å². The van der Waals surface area contributed by atoms with E-state index in [1.807, 2.05) is 0 Å². The second kappa shape index (κ2) is 3.17. The van der Waals surface area contributed by atoms with Gasteiger partial charge >= 0.3 is 5.97 Å². The lowest BCUT2D eigenvalue weighted by molar-refractivity contribution is -0.145. The molecule has 1 aromatic heterocycles. The Morgan fingerprint density at radius 2 is 2.33 bits per heavy atom. The first-order chi connectivity index (χ1) is 7.57. The predicted molar refractivity (Wildman–Crippen MR) is 39.6 cm³/mol. The van der Waals surface area contributed by atoms with E-state index in [1.54, 1.807) is 0 Å². The lowest BCUT2D eigenvalue weighted by atomic mass is 10.5. The topological polar surface area (TPSA) is 71.7 Å². The third-order valence-electron chi connectivity index (χ3n) is 1.07. The number of rotatable bonds is 2. The minimum Gasteiger partial charge on any atom is -0.492 e. The van der Waals surface area contributed by atoms with Crippen LogP contribution in [0.25, 0.3) is 0 Å². The minimum atomic E-state index is -3.25. The van der Waals surface area contributed by atoms with Crippen LogP contribution in [0.4, 0.5) is 0 Å². The average molecular weight is 176 g/mol. The maximum Gasteiger partial charge on any atom is 0.332 e. The molecule has 1 heterocycles. The number of aromatic hydroxyl groups is 2. The van der Waals surface area contributed by atoms with Crippen molar-refractivity contribution in [3.8, 4) is 11.8 Å². The van der Waals surface area contributed by atoms with E-state index in [0.717, 1.165) is 12.1 Å². The fourth-order valence-electron chi connectivity index (χ4n) is 0.601. The zero-order valence-corrected chi connectivity index (χ0v) is 5.81. The van der Waals surface area contributed by atoms with Gasteiger partial charge in [-0.15, -0.1) is 4.73 Å². The Bertz CT molecular complexity index is 418. The van der Waals surface area contributed by atoms with Gasteiger partial charge in [0.05, 0.1) is 0 Å². The third-order valence-corrected chi connectivity index (χ3v) is 1.07. The highest BCUT2D eigenvalue weighted by Gasteiger charge is 2.09. The van der Waals surface area contributed by atoms with Crippen molar-refractivity contribution in [2.75, 3.05) is 0 Å². The Balaban J connectivity index is 2.95. The molecule has 0 radical (unpaired) electrons. The Morgan fingerprint density at radius 3 is 2.83 bits per heavy atom. The molecular weight excluding hydrogens is 162 g/mol. The molecule has 5 nitrogen and oxygen atoms in total. The second-order valence-electron chi connectivity index (χ2n) is 1.85. The second-order valence-corrected chi connectivity index (χ2v) is 1.85. The van der Waals surface area contributed by atoms with Crippen LogP contribution in [-0.2, 0) is 4.79 Å². The van der Waals surface area contributed by atoms with Crippen molar-refractivity contribution < 1.29 is 26.7 Å². The summed E-state index contributed by atoms with van der Waals surface area (Å²) in [7, 11) is 0. The summed E-state index contributed by atoms with van der Waals surface area (Å²) in [4.78, 5) is 15.5. The molecule has 0 saturated heterocycles. The molecule has 1 aromatic rings. The molecule has 0 bridgehead atoms. The van der Waals surface area contributed by atoms with Gasteiger partial charge in [-0.1, -0.05) is 6.85 Å². The largest absolute Gasteiger partial charge is 0.492 e. The fourth-order valence-corrected chi connectivity index (χ4v) is 0.601. The van der Waals surface area contributed by atoms with Crippen molar-refractivity contribution in [1.29, 1.82) is 0 Å². The molecule has 0 aliphatic carbocycles. The quantitative estimate of drug-likeness (QED) is 0.678. The van der Waals surface area contributed by atoms with Crippen LogP contribution in [0, 0.1) is 0 Å². The Hall–Kier alpha value is -1.65. The van der Waals surface area contributed by atoms with Crippen molar-refractivity contribution in [1.82, 2.24) is 4.73 Å². The fraction of sp³-hybridized carbons (Fsp3) is 0.286. The summed E-state index contributed by atoms with van der Waals surface area (Å²) in [5.41, 5.74) is 0. The molecule has 0 aromatic carbocycles. The van der Waals surface area contributed by atoms with Gasteiger partial charge in [-0.2, -0.15) is 0 Å². The number of carbonyl (C=O) groups is 1. The number of carbonyl (C=O) groups excluding carboxylic acids is 1. The zero-order valence-electron chi connectivity index (χ0n) is 10.8. The van der Waals surface area contributed by atoms with E-state index in [4.69, 9.17) is 17.1 Å². The van der Waals surface area contributed by atoms with Gasteiger partial charge < -0.3 is 15.1 Å². The Kier molecular flexibility index (Phi) is 1.01. The van der Waals surface area contributed by atoms with E-state index in [9.17, 15) is 4.79 Å². The van der Waals surface area contributed by atoms with Crippen LogP contribution >= 0.6 is 0 Å². The van der Waals surface area contributed by atoms with Gasteiger partial charge in [0.15, 0.2) is 0 Å². The molecule has 0 unspecified atom stereocenters. The molecule has 0 amide bonds. The molecule has 12 heavy (non-hydrogen) atoms. The Morgan fingerprint density at radius 1 is 1.75 bits per heavy atom. The first kappa shape index (κ1) is 3.84. The van der Waals surface area contributed by atoms with Gasteiger partial charge in [-0.25, -0.2) is 4.79 Å². The number of hydrogen-bond acceptors (Lipinski definition) is 4. The van der Waals surface area contributed by atoms with Crippen molar-refractivity contribution in [3.63, 3.8) is 0 Å². The monoisotopic (exact) mass is 176 g/mol. The first-order valence-corrected chi connectivity index (χ1v) is 2.90. The highest BCUT2D eigenvalue weighted by atomic mass is 16.7. The molecule has 0 saturated carbocycles. The summed E-state index contributed by atoms with van der Waals surface area (Å²) in [5, 5.41) is 18.2. The molecule has 66 valence electrons. The third kappa shape index (κ3) is 1.50. The molecule has 0 aliphatic rings. The lowest BCUT2D eigenvalue weighted by Crippen LogP contribution is -2.17. The summed E-state index contributed by atoms with van der Waals surface area (Å²) >= 11 is 0. The highest BCUT2D eigenvalue weighted by Crippen LogP contribution is 2.18. The number of nitrogens with zero attached hydrogens (tertiary/aromatic N) is 1. The summed E-state index contributed by atoms with van der Waals surface area (Å²) in [6.45, 7) is -3.22. The van der Waals surface area contributed by atoms with Gasteiger partial charge in [-0.3, -0.25) is 0 Å². The molecule has 2 N–H and O–H groups in total. The first-order valence-electron chi connectivity index (χ1n) is 5.40. The summed E-state index contributed by atoms with van der Waals surface area (Å²) < 4.78 is 34.8. The van der Waals surface area contributed by atoms with E-state index >= 15 is 0 Å². The predicted octanol–water partition coefficient (Wildman–Crippen LogP) is 0.265. The normalized spacial score (nSPS) is 18.2. The van der Waals surface area contributed by atoms with Crippen LogP contribution in [0.2, 0.25) is 0 Å². The smallest absolute Gasteiger partial charge is 0.332 e. The summed E-state index contributed by atoms with van der Waals surface area (Å²) in [5.74, 6) is -3.09. The van der Waals surface area contributed by atoms with E-state index in [2.05, 4.69) is 4.84 Å².